The quantitative estimate of drug-likeness (QED) is 0.403. The molecule has 7 heteroatoms. The first-order valence-electron chi connectivity index (χ1n) is 9.88. The van der Waals surface area contributed by atoms with Crippen molar-refractivity contribution in [2.75, 3.05) is 5.32 Å². The summed E-state index contributed by atoms with van der Waals surface area (Å²) in [7, 11) is 0. The van der Waals surface area contributed by atoms with Gasteiger partial charge in [-0.3, -0.25) is 4.98 Å². The second-order valence-electron chi connectivity index (χ2n) is 7.20. The molecule has 0 spiro atoms. The molecule has 31 heavy (non-hydrogen) atoms. The Kier molecular flexibility index (Phi) is 5.32. The van der Waals surface area contributed by atoms with Crippen LogP contribution in [0.2, 0.25) is 5.02 Å². The van der Waals surface area contributed by atoms with Gasteiger partial charge in [-0.1, -0.05) is 54.1 Å². The minimum absolute atomic E-state index is 0.161. The average Bonchev–Trinajstić information content (AvgIpc) is 3.26. The molecule has 0 aliphatic carbocycles. The fourth-order valence-electron chi connectivity index (χ4n) is 3.58. The Morgan fingerprint density at radius 2 is 1.65 bits per heavy atom. The highest BCUT2D eigenvalue weighted by Crippen LogP contribution is 2.33. The Hall–Kier alpha value is -3.35. The highest BCUT2D eigenvalue weighted by Gasteiger charge is 2.33. The zero-order valence-corrected chi connectivity index (χ0v) is 18.0. The number of nitrogens with one attached hydrogen (secondary N) is 1. The number of para-hydroxylation sites is 3. The van der Waals surface area contributed by atoms with Gasteiger partial charge < -0.3 is 5.32 Å². The van der Waals surface area contributed by atoms with Crippen molar-refractivity contribution in [2.24, 2.45) is 5.10 Å². The molecule has 3 aromatic carbocycles. The zero-order valence-electron chi connectivity index (χ0n) is 16.4. The van der Waals surface area contributed by atoms with Crippen LogP contribution in [0.5, 0.6) is 0 Å². The van der Waals surface area contributed by atoms with Crippen LogP contribution < -0.4 is 5.32 Å². The normalized spacial score (nSPS) is 15.7. The van der Waals surface area contributed by atoms with E-state index in [1.165, 1.54) is 0 Å². The van der Waals surface area contributed by atoms with E-state index in [2.05, 4.69) is 10.3 Å². The third-order valence-corrected chi connectivity index (χ3v) is 5.67. The first kappa shape index (κ1) is 19.6. The van der Waals surface area contributed by atoms with Gasteiger partial charge in [0.25, 0.3) is 0 Å². The van der Waals surface area contributed by atoms with Crippen LogP contribution in [0.3, 0.4) is 0 Å². The number of hydrogen-bond acceptors (Lipinski definition) is 4. The number of thiocarbonyl (C=S) groups is 1. The van der Waals surface area contributed by atoms with Crippen molar-refractivity contribution < 1.29 is 0 Å². The number of anilines is 1. The number of nitrogens with zero attached hydrogens (tertiary/aromatic N) is 4. The lowest BCUT2D eigenvalue weighted by Crippen LogP contribution is -2.31. The van der Waals surface area contributed by atoms with Crippen LogP contribution >= 0.6 is 23.8 Å². The van der Waals surface area contributed by atoms with Crippen LogP contribution in [-0.2, 0) is 0 Å². The molecule has 0 saturated heterocycles. The smallest absolute Gasteiger partial charge is 0.194 e. The van der Waals surface area contributed by atoms with Gasteiger partial charge in [-0.05, 0) is 54.2 Å². The van der Waals surface area contributed by atoms with Gasteiger partial charge in [0.05, 0.1) is 28.6 Å². The van der Waals surface area contributed by atoms with E-state index in [1.54, 1.807) is 0 Å². The summed E-state index contributed by atoms with van der Waals surface area (Å²) in [4.78, 5) is 9.44. The summed E-state index contributed by atoms with van der Waals surface area (Å²) in [6.07, 6.45) is 2.47. The molecule has 5 nitrogen and oxygen atoms in total. The zero-order chi connectivity index (χ0) is 21.2. The molecule has 4 aromatic rings. The molecule has 1 aromatic heterocycles. The maximum absolute atomic E-state index is 6.07. The lowest BCUT2D eigenvalue weighted by molar-refractivity contribution is 0.368. The molecule has 1 unspecified atom stereocenters. The van der Waals surface area contributed by atoms with Crippen LogP contribution in [0.25, 0.3) is 11.0 Å². The molecule has 152 valence electrons. The highest BCUT2D eigenvalue weighted by molar-refractivity contribution is 7.80. The summed E-state index contributed by atoms with van der Waals surface area (Å²) in [6, 6.07) is 25.2. The number of aromatic nitrogens is 2. The lowest BCUT2D eigenvalue weighted by Gasteiger charge is -2.24. The lowest BCUT2D eigenvalue weighted by atomic mass is 10.0. The van der Waals surface area contributed by atoms with Crippen molar-refractivity contribution in [3.63, 3.8) is 0 Å². The first-order chi connectivity index (χ1) is 15.2. The van der Waals surface area contributed by atoms with Crippen LogP contribution in [0, 0.1) is 0 Å². The molecule has 0 bridgehead atoms. The molecule has 0 radical (unpaired) electrons. The van der Waals surface area contributed by atoms with E-state index in [0.717, 1.165) is 33.7 Å². The number of fused-ring (bicyclic) bond motifs is 1. The topological polar surface area (TPSA) is 53.4 Å². The molecule has 1 atom stereocenters. The van der Waals surface area contributed by atoms with Gasteiger partial charge in [-0.15, -0.1) is 0 Å². The molecular formula is C24H18ClN5S. The second kappa shape index (κ2) is 8.41. The summed E-state index contributed by atoms with van der Waals surface area (Å²) >= 11 is 11.8. The molecule has 0 amide bonds. The highest BCUT2D eigenvalue weighted by atomic mass is 35.5. The fourth-order valence-corrected chi connectivity index (χ4v) is 3.99. The van der Waals surface area contributed by atoms with Crippen molar-refractivity contribution in [3.8, 4) is 0 Å². The van der Waals surface area contributed by atoms with Crippen LogP contribution in [0.4, 0.5) is 5.69 Å². The predicted molar refractivity (Wildman–Crippen MR) is 129 cm³/mol. The van der Waals surface area contributed by atoms with Crippen LogP contribution in [0.15, 0.2) is 90.2 Å². The van der Waals surface area contributed by atoms with E-state index in [9.17, 15) is 0 Å². The molecule has 1 N–H and O–H groups in total. The van der Waals surface area contributed by atoms with E-state index in [0.29, 0.717) is 16.6 Å². The maximum Gasteiger partial charge on any atom is 0.194 e. The molecular weight excluding hydrogens is 426 g/mol. The Morgan fingerprint density at radius 3 is 2.42 bits per heavy atom. The van der Waals surface area contributed by atoms with Gasteiger partial charge in [-0.25, -0.2) is 9.99 Å². The second-order valence-corrected chi connectivity index (χ2v) is 8.02. The fraction of sp³-hybridized carbons (Fsp3) is 0.0833. The summed E-state index contributed by atoms with van der Waals surface area (Å²) in [5.74, 6) is 0. The SMILES string of the molecule is S=C(Nc1ccccc1)N1N=C(c2ccc(Cl)cc2)CC1c1cnc2ccccc2n1. The monoisotopic (exact) mass is 443 g/mol. The number of halogens is 1. The molecule has 5 rings (SSSR count). The van der Waals surface area contributed by atoms with E-state index in [1.807, 2.05) is 90.1 Å². The summed E-state index contributed by atoms with van der Waals surface area (Å²) < 4.78 is 0. The Balaban J connectivity index is 1.51. The predicted octanol–water partition coefficient (Wildman–Crippen LogP) is 5.83. The molecule has 1 aliphatic heterocycles. The third-order valence-electron chi connectivity index (χ3n) is 5.13. The van der Waals surface area contributed by atoms with E-state index in [4.69, 9.17) is 33.9 Å². The van der Waals surface area contributed by atoms with Crippen LogP contribution in [0.1, 0.15) is 23.7 Å². The summed E-state index contributed by atoms with van der Waals surface area (Å²) in [6.45, 7) is 0. The average molecular weight is 444 g/mol. The number of benzene rings is 3. The van der Waals surface area contributed by atoms with Crippen molar-refractivity contribution in [1.82, 2.24) is 15.0 Å². The maximum atomic E-state index is 6.07. The van der Waals surface area contributed by atoms with Crippen molar-refractivity contribution in [1.29, 1.82) is 0 Å². The Labute approximate surface area is 190 Å². The van der Waals surface area contributed by atoms with E-state index < -0.39 is 0 Å². The number of hydrogen-bond donors (Lipinski definition) is 1. The molecule has 0 saturated carbocycles. The van der Waals surface area contributed by atoms with Crippen molar-refractivity contribution in [3.05, 3.63) is 101 Å². The molecule has 1 aliphatic rings. The van der Waals surface area contributed by atoms with Crippen LogP contribution in [-0.4, -0.2) is 25.8 Å². The van der Waals surface area contributed by atoms with Gasteiger partial charge in [0.2, 0.25) is 0 Å². The molecule has 2 heterocycles. The number of rotatable bonds is 3. The van der Waals surface area contributed by atoms with Gasteiger partial charge in [-0.2, -0.15) is 5.10 Å². The standard InChI is InChI=1S/C24H18ClN5S/c25-17-12-10-16(11-13-17)21-14-23(22-15-26-19-8-4-5-9-20(19)28-22)30(29-21)24(31)27-18-6-2-1-3-7-18/h1-13,15,23H,14H2,(H,27,31). The third kappa shape index (κ3) is 4.13. The van der Waals surface area contributed by atoms with Crippen molar-refractivity contribution in [2.45, 2.75) is 12.5 Å². The molecule has 0 fully saturated rings. The van der Waals surface area contributed by atoms with Gasteiger partial charge >= 0.3 is 0 Å². The van der Waals surface area contributed by atoms with Crippen molar-refractivity contribution >= 4 is 51.4 Å². The van der Waals surface area contributed by atoms with Gasteiger partial charge in [0.15, 0.2) is 5.11 Å². The summed E-state index contributed by atoms with van der Waals surface area (Å²) in [5, 5.41) is 11.2. The largest absolute Gasteiger partial charge is 0.331 e. The van der Waals surface area contributed by atoms with Gasteiger partial charge in [0, 0.05) is 17.1 Å². The van der Waals surface area contributed by atoms with E-state index >= 15 is 0 Å². The van der Waals surface area contributed by atoms with Gasteiger partial charge in [0.1, 0.15) is 6.04 Å². The van der Waals surface area contributed by atoms with E-state index in [-0.39, 0.29) is 6.04 Å². The number of hydrazone groups is 1. The Bertz CT molecular complexity index is 1270. The minimum atomic E-state index is -0.161. The Morgan fingerprint density at radius 1 is 0.935 bits per heavy atom. The minimum Gasteiger partial charge on any atom is -0.331 e. The first-order valence-corrected chi connectivity index (χ1v) is 10.7. The summed E-state index contributed by atoms with van der Waals surface area (Å²) in [5.41, 5.74) is 5.37.